The van der Waals surface area contributed by atoms with Gasteiger partial charge >= 0.3 is 0 Å². The maximum Gasteiger partial charge on any atom is 0.213 e. The van der Waals surface area contributed by atoms with Crippen molar-refractivity contribution in [1.29, 1.82) is 0 Å². The van der Waals surface area contributed by atoms with E-state index >= 15 is 0 Å². The smallest absolute Gasteiger partial charge is 0.213 e. The molecule has 1 N–H and O–H groups in total. The van der Waals surface area contributed by atoms with Crippen LogP contribution < -0.4 is 19.5 Å². The lowest BCUT2D eigenvalue weighted by Gasteiger charge is -2.15. The van der Waals surface area contributed by atoms with Crippen LogP contribution in [0.1, 0.15) is 23.6 Å². The number of benzene rings is 2. The van der Waals surface area contributed by atoms with Crippen molar-refractivity contribution in [3.63, 3.8) is 0 Å². The van der Waals surface area contributed by atoms with E-state index in [-0.39, 0.29) is 0 Å². The molecule has 0 bridgehead atoms. The second kappa shape index (κ2) is 11.4. The van der Waals surface area contributed by atoms with Gasteiger partial charge in [-0.05, 0) is 37.1 Å². The van der Waals surface area contributed by atoms with Gasteiger partial charge in [0.1, 0.15) is 13.2 Å². The Hall–Kier alpha value is -2.76. The first kappa shape index (κ1) is 21.9. The van der Waals surface area contributed by atoms with E-state index < -0.39 is 0 Å². The van der Waals surface area contributed by atoms with E-state index in [1.54, 1.807) is 6.20 Å². The maximum atomic E-state index is 6.50. The molecule has 0 spiro atoms. The molecule has 158 valence electrons. The molecular formula is C24H27ClN2O3. The first-order valence-corrected chi connectivity index (χ1v) is 10.4. The first-order valence-electron chi connectivity index (χ1n) is 10.0. The van der Waals surface area contributed by atoms with Gasteiger partial charge in [-0.1, -0.05) is 47.5 Å². The molecule has 30 heavy (non-hydrogen) atoms. The van der Waals surface area contributed by atoms with E-state index in [1.807, 2.05) is 37.3 Å². The lowest BCUT2D eigenvalue weighted by Crippen LogP contribution is -2.21. The molecule has 0 aliphatic carbocycles. The van der Waals surface area contributed by atoms with Gasteiger partial charge in [0.2, 0.25) is 5.88 Å². The minimum absolute atomic E-state index is 0.457. The molecule has 0 saturated carbocycles. The third kappa shape index (κ3) is 6.65. The Morgan fingerprint density at radius 2 is 1.77 bits per heavy atom. The number of nitrogens with one attached hydrogen (secondary N) is 1. The molecule has 3 rings (SSSR count). The van der Waals surface area contributed by atoms with Crippen LogP contribution in [-0.4, -0.2) is 24.7 Å². The zero-order chi connectivity index (χ0) is 21.2. The van der Waals surface area contributed by atoms with Crippen LogP contribution in [0.2, 0.25) is 5.02 Å². The summed E-state index contributed by atoms with van der Waals surface area (Å²) in [5.74, 6) is 1.95. The molecule has 3 aromatic rings. The fourth-order valence-electron chi connectivity index (χ4n) is 2.82. The van der Waals surface area contributed by atoms with Gasteiger partial charge in [-0.25, -0.2) is 4.98 Å². The predicted octanol–water partition coefficient (Wildman–Crippen LogP) is 5.19. The van der Waals surface area contributed by atoms with Crippen LogP contribution in [0, 0.1) is 6.92 Å². The van der Waals surface area contributed by atoms with Crippen LogP contribution in [0.3, 0.4) is 0 Å². The molecule has 1 heterocycles. The number of aromatic nitrogens is 1. The number of hydrogen-bond acceptors (Lipinski definition) is 5. The summed E-state index contributed by atoms with van der Waals surface area (Å²) in [6.45, 7) is 6.81. The summed E-state index contributed by atoms with van der Waals surface area (Å²) < 4.78 is 17.4. The summed E-state index contributed by atoms with van der Waals surface area (Å²) in [5.41, 5.74) is 3.26. The Morgan fingerprint density at radius 3 is 2.50 bits per heavy atom. The van der Waals surface area contributed by atoms with Gasteiger partial charge in [-0.15, -0.1) is 0 Å². The second-order valence-electron chi connectivity index (χ2n) is 6.79. The molecule has 0 unspecified atom stereocenters. The van der Waals surface area contributed by atoms with Crippen molar-refractivity contribution in [3.8, 4) is 17.4 Å². The van der Waals surface area contributed by atoms with Crippen molar-refractivity contribution in [3.05, 3.63) is 82.5 Å². The summed E-state index contributed by atoms with van der Waals surface area (Å²) in [7, 11) is 0. The third-order valence-corrected chi connectivity index (χ3v) is 4.76. The summed E-state index contributed by atoms with van der Waals surface area (Å²) in [4.78, 5) is 4.13. The molecule has 0 aliphatic rings. The molecule has 0 atom stereocenters. The quantitative estimate of drug-likeness (QED) is 0.427. The van der Waals surface area contributed by atoms with Gasteiger partial charge in [-0.2, -0.15) is 0 Å². The van der Waals surface area contributed by atoms with Crippen LogP contribution in [-0.2, 0) is 13.2 Å². The number of hydrogen-bond donors (Lipinski definition) is 1. The van der Waals surface area contributed by atoms with Crippen LogP contribution in [0.4, 0.5) is 0 Å². The summed E-state index contributed by atoms with van der Waals surface area (Å²) in [5, 5.41) is 3.97. The molecule has 0 aliphatic heterocycles. The summed E-state index contributed by atoms with van der Waals surface area (Å²) >= 11 is 6.50. The molecule has 2 aromatic carbocycles. The zero-order valence-corrected chi connectivity index (χ0v) is 18.1. The highest BCUT2D eigenvalue weighted by Crippen LogP contribution is 2.34. The van der Waals surface area contributed by atoms with Gasteiger partial charge < -0.3 is 19.5 Å². The second-order valence-corrected chi connectivity index (χ2v) is 7.20. The Balaban J connectivity index is 1.55. The SMILES string of the molecule is CCOc1cc(CNCCOc2ccccn2)c(Cl)cc1OCc1ccc(C)cc1. The Labute approximate surface area is 183 Å². The van der Waals surface area contributed by atoms with Gasteiger partial charge in [-0.3, -0.25) is 0 Å². The number of halogens is 1. The van der Waals surface area contributed by atoms with Gasteiger partial charge in [0, 0.05) is 36.4 Å². The fraction of sp³-hybridized carbons (Fsp3) is 0.292. The molecular weight excluding hydrogens is 400 g/mol. The Bertz CT molecular complexity index is 918. The highest BCUT2D eigenvalue weighted by atomic mass is 35.5. The average molecular weight is 427 g/mol. The van der Waals surface area contributed by atoms with E-state index in [1.165, 1.54) is 5.56 Å². The minimum Gasteiger partial charge on any atom is -0.490 e. The summed E-state index contributed by atoms with van der Waals surface area (Å²) in [6.07, 6.45) is 1.71. The molecule has 0 saturated heterocycles. The van der Waals surface area contributed by atoms with E-state index in [0.717, 1.165) is 11.1 Å². The third-order valence-electron chi connectivity index (χ3n) is 4.41. The van der Waals surface area contributed by atoms with Crippen molar-refractivity contribution in [2.24, 2.45) is 0 Å². The largest absolute Gasteiger partial charge is 0.490 e. The van der Waals surface area contributed by atoms with Crippen molar-refractivity contribution >= 4 is 11.6 Å². The van der Waals surface area contributed by atoms with Crippen molar-refractivity contribution in [1.82, 2.24) is 10.3 Å². The monoisotopic (exact) mass is 426 g/mol. The average Bonchev–Trinajstić information content (AvgIpc) is 2.76. The Kier molecular flexibility index (Phi) is 8.36. The standard InChI is InChI=1S/C24H27ClN2O3/c1-3-28-22-14-20(16-26-12-13-29-24-6-4-5-11-27-24)21(25)15-23(22)30-17-19-9-7-18(2)8-10-19/h4-11,14-15,26H,3,12-13,16-17H2,1-2H3. The molecule has 6 heteroatoms. The molecule has 0 amide bonds. The maximum absolute atomic E-state index is 6.50. The van der Waals surface area contributed by atoms with E-state index in [9.17, 15) is 0 Å². The first-order chi connectivity index (χ1) is 14.7. The number of aryl methyl sites for hydroxylation is 1. The number of nitrogens with zero attached hydrogens (tertiary/aromatic N) is 1. The van der Waals surface area contributed by atoms with E-state index in [4.69, 9.17) is 25.8 Å². The lowest BCUT2D eigenvalue weighted by molar-refractivity contribution is 0.269. The van der Waals surface area contributed by atoms with Crippen molar-refractivity contribution in [2.75, 3.05) is 19.8 Å². The van der Waals surface area contributed by atoms with E-state index in [0.29, 0.717) is 55.3 Å². The fourth-order valence-corrected chi connectivity index (χ4v) is 3.04. The summed E-state index contributed by atoms with van der Waals surface area (Å²) in [6, 6.07) is 17.6. The van der Waals surface area contributed by atoms with Crippen LogP contribution in [0.5, 0.6) is 17.4 Å². The normalized spacial score (nSPS) is 10.6. The van der Waals surface area contributed by atoms with Gasteiger partial charge in [0.25, 0.3) is 0 Å². The van der Waals surface area contributed by atoms with Crippen molar-refractivity contribution < 1.29 is 14.2 Å². The van der Waals surface area contributed by atoms with E-state index in [2.05, 4.69) is 41.5 Å². The predicted molar refractivity (Wildman–Crippen MR) is 120 cm³/mol. The molecule has 0 radical (unpaired) electrons. The van der Waals surface area contributed by atoms with Gasteiger partial charge in [0.05, 0.1) is 6.61 Å². The minimum atomic E-state index is 0.457. The zero-order valence-electron chi connectivity index (χ0n) is 17.4. The van der Waals surface area contributed by atoms with Gasteiger partial charge in [0.15, 0.2) is 11.5 Å². The van der Waals surface area contributed by atoms with Crippen molar-refractivity contribution in [2.45, 2.75) is 27.0 Å². The highest BCUT2D eigenvalue weighted by molar-refractivity contribution is 6.31. The molecule has 0 fully saturated rings. The molecule has 1 aromatic heterocycles. The van der Waals surface area contributed by atoms with Crippen LogP contribution in [0.25, 0.3) is 0 Å². The lowest BCUT2D eigenvalue weighted by atomic mass is 10.1. The number of ether oxygens (including phenoxy) is 3. The number of rotatable bonds is 11. The van der Waals surface area contributed by atoms with Crippen LogP contribution >= 0.6 is 11.6 Å². The number of pyridine rings is 1. The highest BCUT2D eigenvalue weighted by Gasteiger charge is 2.11. The van der Waals surface area contributed by atoms with Crippen LogP contribution in [0.15, 0.2) is 60.8 Å². The topological polar surface area (TPSA) is 52.6 Å². The Morgan fingerprint density at radius 1 is 0.967 bits per heavy atom. The molecule has 5 nitrogen and oxygen atoms in total.